The average molecular weight is 157 g/mol. The van der Waals surface area contributed by atoms with E-state index in [0.717, 1.165) is 0 Å². The molecule has 0 aromatic carbocycles. The first-order valence-electron chi connectivity index (χ1n) is 3.96. The number of hydrogen-bond donors (Lipinski definition) is 1. The van der Waals surface area contributed by atoms with Crippen molar-refractivity contribution in [3.63, 3.8) is 0 Å². The Morgan fingerprint density at radius 2 is 2.18 bits per heavy atom. The summed E-state index contributed by atoms with van der Waals surface area (Å²) in [7, 11) is 0. The second kappa shape index (κ2) is 2.40. The molecule has 0 aromatic rings. The van der Waals surface area contributed by atoms with Crippen molar-refractivity contribution in [3.8, 4) is 0 Å². The fraction of sp³-hybridized carbons (Fsp3) is 0.875. The fourth-order valence-corrected chi connectivity index (χ4v) is 1.26. The predicted octanol–water partition coefficient (Wildman–Crippen LogP) is 1.53. The lowest BCUT2D eigenvalue weighted by atomic mass is 9.87. The largest absolute Gasteiger partial charge is 0.441 e. The lowest BCUT2D eigenvalue weighted by Crippen LogP contribution is -2.43. The fourth-order valence-electron chi connectivity index (χ4n) is 1.26. The lowest BCUT2D eigenvalue weighted by molar-refractivity contribution is 0.0165. The van der Waals surface area contributed by atoms with Crippen LogP contribution in [-0.2, 0) is 4.74 Å². The SMILES string of the molecule is CC(C)[C@@]1(C)OC(=O)N[C@@H]1C. The highest BCUT2D eigenvalue weighted by atomic mass is 16.6. The summed E-state index contributed by atoms with van der Waals surface area (Å²) in [6.07, 6.45) is -0.297. The maximum Gasteiger partial charge on any atom is 0.408 e. The summed E-state index contributed by atoms with van der Waals surface area (Å²) < 4.78 is 5.17. The molecule has 1 rings (SSSR count). The van der Waals surface area contributed by atoms with Gasteiger partial charge in [-0.25, -0.2) is 4.79 Å². The zero-order valence-corrected chi connectivity index (χ0v) is 7.47. The van der Waals surface area contributed by atoms with Crippen molar-refractivity contribution in [2.45, 2.75) is 39.3 Å². The molecule has 0 aromatic heterocycles. The van der Waals surface area contributed by atoms with E-state index < -0.39 is 0 Å². The van der Waals surface area contributed by atoms with Crippen LogP contribution in [0, 0.1) is 5.92 Å². The molecule has 0 bridgehead atoms. The number of ether oxygens (including phenoxy) is 1. The molecule has 0 spiro atoms. The first-order chi connectivity index (χ1) is 4.97. The van der Waals surface area contributed by atoms with E-state index in [9.17, 15) is 4.79 Å². The number of cyclic esters (lactones) is 1. The number of carbonyl (C=O) groups is 1. The zero-order chi connectivity index (χ0) is 8.65. The molecule has 1 fully saturated rings. The Morgan fingerprint density at radius 3 is 2.36 bits per heavy atom. The van der Waals surface area contributed by atoms with Crippen LogP contribution in [0.3, 0.4) is 0 Å². The molecular formula is C8H15NO2. The molecule has 0 unspecified atom stereocenters. The Bertz CT molecular complexity index is 179. The van der Waals surface area contributed by atoms with E-state index in [1.54, 1.807) is 0 Å². The van der Waals surface area contributed by atoms with E-state index in [1.165, 1.54) is 0 Å². The van der Waals surface area contributed by atoms with Crippen molar-refractivity contribution in [2.24, 2.45) is 5.92 Å². The summed E-state index contributed by atoms with van der Waals surface area (Å²) in [5.41, 5.74) is -0.336. The Hall–Kier alpha value is -0.730. The van der Waals surface area contributed by atoms with Gasteiger partial charge in [0, 0.05) is 0 Å². The van der Waals surface area contributed by atoms with Crippen molar-refractivity contribution in [2.75, 3.05) is 0 Å². The second-order valence-electron chi connectivity index (χ2n) is 3.59. The summed E-state index contributed by atoms with van der Waals surface area (Å²) in [6, 6.07) is 0.106. The zero-order valence-electron chi connectivity index (χ0n) is 7.47. The van der Waals surface area contributed by atoms with Gasteiger partial charge in [-0.3, -0.25) is 0 Å². The minimum atomic E-state index is -0.336. The Kier molecular flexibility index (Phi) is 1.82. The molecule has 2 atom stereocenters. The summed E-state index contributed by atoms with van der Waals surface area (Å²) in [5, 5.41) is 2.73. The summed E-state index contributed by atoms with van der Waals surface area (Å²) in [4.78, 5) is 10.8. The topological polar surface area (TPSA) is 38.3 Å². The Balaban J connectivity index is 2.78. The molecule has 3 heteroatoms. The number of rotatable bonds is 1. The van der Waals surface area contributed by atoms with Gasteiger partial charge < -0.3 is 10.1 Å². The molecule has 1 amide bonds. The minimum Gasteiger partial charge on any atom is -0.441 e. The number of carbonyl (C=O) groups excluding carboxylic acids is 1. The molecule has 0 aliphatic carbocycles. The highest BCUT2D eigenvalue weighted by molar-refractivity contribution is 5.71. The molecule has 11 heavy (non-hydrogen) atoms. The average Bonchev–Trinajstić information content (AvgIpc) is 2.08. The van der Waals surface area contributed by atoms with E-state index in [4.69, 9.17) is 4.74 Å². The number of alkyl carbamates (subject to hydrolysis) is 1. The molecule has 0 saturated carbocycles. The molecule has 1 N–H and O–H groups in total. The van der Waals surface area contributed by atoms with Gasteiger partial charge in [0.25, 0.3) is 0 Å². The van der Waals surface area contributed by atoms with Crippen LogP contribution in [0.4, 0.5) is 4.79 Å². The smallest absolute Gasteiger partial charge is 0.408 e. The standard InChI is InChI=1S/C8H15NO2/c1-5(2)8(4)6(3)9-7(10)11-8/h5-6H,1-4H3,(H,9,10)/t6-,8-/m1/s1. The van der Waals surface area contributed by atoms with Gasteiger partial charge in [0.1, 0.15) is 5.60 Å². The van der Waals surface area contributed by atoms with Crippen LogP contribution in [-0.4, -0.2) is 17.7 Å². The number of nitrogens with one attached hydrogen (secondary N) is 1. The van der Waals surface area contributed by atoms with Crippen LogP contribution >= 0.6 is 0 Å². The third-order valence-electron chi connectivity index (χ3n) is 2.65. The first kappa shape index (κ1) is 8.37. The summed E-state index contributed by atoms with van der Waals surface area (Å²) >= 11 is 0. The van der Waals surface area contributed by atoms with E-state index in [-0.39, 0.29) is 17.7 Å². The normalized spacial score (nSPS) is 37.2. The van der Waals surface area contributed by atoms with Crippen LogP contribution < -0.4 is 5.32 Å². The van der Waals surface area contributed by atoms with E-state index >= 15 is 0 Å². The van der Waals surface area contributed by atoms with Crippen LogP contribution in [0.5, 0.6) is 0 Å². The molecule has 1 aliphatic rings. The summed E-state index contributed by atoms with van der Waals surface area (Å²) in [6.45, 7) is 8.03. The molecule has 1 saturated heterocycles. The van der Waals surface area contributed by atoms with Gasteiger partial charge in [-0.2, -0.15) is 0 Å². The van der Waals surface area contributed by atoms with Crippen molar-refractivity contribution in [3.05, 3.63) is 0 Å². The Labute approximate surface area is 67.1 Å². The van der Waals surface area contributed by atoms with Crippen LogP contribution in [0.15, 0.2) is 0 Å². The number of amides is 1. The van der Waals surface area contributed by atoms with Gasteiger partial charge in [-0.05, 0) is 19.8 Å². The minimum absolute atomic E-state index is 0.106. The summed E-state index contributed by atoms with van der Waals surface area (Å²) in [5.74, 6) is 0.344. The van der Waals surface area contributed by atoms with Gasteiger partial charge in [0.15, 0.2) is 0 Å². The molecule has 1 aliphatic heterocycles. The van der Waals surface area contributed by atoms with Gasteiger partial charge in [-0.1, -0.05) is 13.8 Å². The van der Waals surface area contributed by atoms with E-state index in [0.29, 0.717) is 5.92 Å². The highest BCUT2D eigenvalue weighted by Gasteiger charge is 2.44. The third-order valence-corrected chi connectivity index (χ3v) is 2.65. The monoisotopic (exact) mass is 157 g/mol. The molecule has 3 nitrogen and oxygen atoms in total. The lowest BCUT2D eigenvalue weighted by Gasteiger charge is -2.29. The maximum atomic E-state index is 10.8. The predicted molar refractivity (Wildman–Crippen MR) is 42.3 cm³/mol. The first-order valence-corrected chi connectivity index (χ1v) is 3.96. The molecule has 1 heterocycles. The van der Waals surface area contributed by atoms with Crippen LogP contribution in [0.25, 0.3) is 0 Å². The van der Waals surface area contributed by atoms with Gasteiger partial charge >= 0.3 is 6.09 Å². The van der Waals surface area contributed by atoms with E-state index in [2.05, 4.69) is 19.2 Å². The van der Waals surface area contributed by atoms with Crippen molar-refractivity contribution in [1.82, 2.24) is 5.32 Å². The van der Waals surface area contributed by atoms with E-state index in [1.807, 2.05) is 13.8 Å². The van der Waals surface area contributed by atoms with Gasteiger partial charge in [0.2, 0.25) is 0 Å². The molecule has 64 valence electrons. The maximum absolute atomic E-state index is 10.8. The van der Waals surface area contributed by atoms with Gasteiger partial charge in [-0.15, -0.1) is 0 Å². The third kappa shape index (κ3) is 1.19. The van der Waals surface area contributed by atoms with Gasteiger partial charge in [0.05, 0.1) is 6.04 Å². The molecular weight excluding hydrogens is 142 g/mol. The number of hydrogen-bond acceptors (Lipinski definition) is 2. The van der Waals surface area contributed by atoms with Crippen LogP contribution in [0.2, 0.25) is 0 Å². The molecule has 0 radical (unpaired) electrons. The second-order valence-corrected chi connectivity index (χ2v) is 3.59. The van der Waals surface area contributed by atoms with Crippen molar-refractivity contribution >= 4 is 6.09 Å². The quantitative estimate of drug-likeness (QED) is 0.626. The van der Waals surface area contributed by atoms with Crippen molar-refractivity contribution < 1.29 is 9.53 Å². The highest BCUT2D eigenvalue weighted by Crippen LogP contribution is 2.29. The Morgan fingerprint density at radius 1 is 1.64 bits per heavy atom. The van der Waals surface area contributed by atoms with Crippen LogP contribution in [0.1, 0.15) is 27.7 Å². The van der Waals surface area contributed by atoms with Crippen molar-refractivity contribution in [1.29, 1.82) is 0 Å².